The minimum Gasteiger partial charge on any atom is -0.456 e. The van der Waals surface area contributed by atoms with Crippen LogP contribution >= 0.6 is 11.6 Å². The quantitative estimate of drug-likeness (QED) is 0.160. The number of halogens is 1. The first-order chi connectivity index (χ1) is 54.4. The molecule has 8 heteroatoms. The molecule has 24 rings (SSSR count). The predicted octanol–water partition coefficient (Wildman–Crippen LogP) is 27.7. The SMILES string of the molecule is CC1(C)c2cc(-c3ccc4c(c3)oc3ccccc34)ccc2-c2nc(-n3c4cc5ccccc5cc4c4ccc5ccccc5c43)nc(-c3ccccc3)c21.CC1(C)c2cc(-c3ccc4c(c3)oc3ccccc34)ccc2-c2nc(Cl)nc(-c3ccccc3)c21.c1ccc2cc3c(cc2c1)Cc1c-3ccc2ccccc12. The van der Waals surface area contributed by atoms with Crippen molar-refractivity contribution in [3.8, 4) is 84.4 Å². The molecule has 111 heavy (non-hydrogen) atoms. The molecule has 5 heterocycles. The van der Waals surface area contributed by atoms with Gasteiger partial charge in [-0.1, -0.05) is 289 Å². The Morgan fingerprint density at radius 3 is 1.31 bits per heavy atom. The van der Waals surface area contributed by atoms with Gasteiger partial charge < -0.3 is 8.83 Å². The molecule has 16 aromatic carbocycles. The number of nitrogens with zero attached hydrogens (tertiary/aromatic N) is 5. The van der Waals surface area contributed by atoms with E-state index < -0.39 is 0 Å². The largest absolute Gasteiger partial charge is 0.456 e. The molecule has 0 spiro atoms. The molecular weight excluding hydrogens is 1370 g/mol. The van der Waals surface area contributed by atoms with E-state index in [1.54, 1.807) is 0 Å². The summed E-state index contributed by atoms with van der Waals surface area (Å²) in [5.74, 6) is 0.673. The number of rotatable bonds is 5. The summed E-state index contributed by atoms with van der Waals surface area (Å²) in [4.78, 5) is 20.6. The van der Waals surface area contributed by atoms with E-state index >= 15 is 0 Å². The average molecular weight is 1440 g/mol. The molecule has 7 nitrogen and oxygen atoms in total. The van der Waals surface area contributed by atoms with E-state index in [9.17, 15) is 0 Å². The molecule has 0 atom stereocenters. The molecule has 0 N–H and O–H groups in total. The maximum Gasteiger partial charge on any atom is 0.235 e. The van der Waals surface area contributed by atoms with Crippen LogP contribution in [0.4, 0.5) is 0 Å². The summed E-state index contributed by atoms with van der Waals surface area (Å²) in [6.07, 6.45) is 1.05. The fraction of sp³-hybridized carbons (Fsp3) is 0.0680. The zero-order valence-electron chi connectivity index (χ0n) is 61.3. The van der Waals surface area contributed by atoms with Gasteiger partial charge in [-0.2, -0.15) is 0 Å². The summed E-state index contributed by atoms with van der Waals surface area (Å²) in [5, 5.41) is 17.4. The summed E-state index contributed by atoms with van der Waals surface area (Å²) in [6.45, 7) is 9.13. The smallest absolute Gasteiger partial charge is 0.235 e. The fourth-order valence-corrected chi connectivity index (χ4v) is 18.6. The first kappa shape index (κ1) is 64.6. The van der Waals surface area contributed by atoms with E-state index in [0.29, 0.717) is 5.95 Å². The molecule has 524 valence electrons. The van der Waals surface area contributed by atoms with E-state index in [0.717, 1.165) is 140 Å². The van der Waals surface area contributed by atoms with Crippen LogP contribution in [0, 0.1) is 0 Å². The van der Waals surface area contributed by atoms with Crippen molar-refractivity contribution in [2.75, 3.05) is 0 Å². The van der Waals surface area contributed by atoms with E-state index in [1.807, 2.05) is 48.5 Å². The van der Waals surface area contributed by atoms with Crippen molar-refractivity contribution in [2.45, 2.75) is 44.9 Å². The molecular formula is C103H68ClN5O2. The van der Waals surface area contributed by atoms with Crippen LogP contribution in [0.1, 0.15) is 61.1 Å². The lowest BCUT2D eigenvalue weighted by Gasteiger charge is -2.24. The monoisotopic (exact) mass is 1440 g/mol. The van der Waals surface area contributed by atoms with Crippen LogP contribution in [0.25, 0.3) is 193 Å². The number of hydrogen-bond acceptors (Lipinski definition) is 6. The zero-order valence-corrected chi connectivity index (χ0v) is 62.1. The maximum atomic E-state index is 6.42. The minimum absolute atomic E-state index is 0.269. The van der Waals surface area contributed by atoms with Crippen molar-refractivity contribution >= 4 is 120 Å². The number of fused-ring (bicyclic) bond motifs is 24. The Bertz CT molecular complexity index is 7510. The van der Waals surface area contributed by atoms with Crippen LogP contribution in [0.5, 0.6) is 0 Å². The van der Waals surface area contributed by atoms with Crippen LogP contribution in [-0.2, 0) is 17.3 Å². The summed E-state index contributed by atoms with van der Waals surface area (Å²) in [7, 11) is 0. The Labute approximate surface area is 645 Å². The van der Waals surface area contributed by atoms with Crippen molar-refractivity contribution in [1.29, 1.82) is 0 Å². The lowest BCUT2D eigenvalue weighted by atomic mass is 9.80. The Hall–Kier alpha value is -13.6. The van der Waals surface area contributed by atoms with Gasteiger partial charge in [-0.15, -0.1) is 0 Å². The Morgan fingerprint density at radius 1 is 0.297 bits per heavy atom. The molecule has 0 fully saturated rings. The number of benzene rings is 16. The van der Waals surface area contributed by atoms with Gasteiger partial charge in [-0.25, -0.2) is 19.9 Å². The number of hydrogen-bond donors (Lipinski definition) is 0. The van der Waals surface area contributed by atoms with Gasteiger partial charge in [0.25, 0.3) is 0 Å². The highest BCUT2D eigenvalue weighted by atomic mass is 35.5. The zero-order chi connectivity index (χ0) is 74.0. The summed E-state index contributed by atoms with van der Waals surface area (Å²) in [5.41, 5.74) is 28.4. The highest BCUT2D eigenvalue weighted by Crippen LogP contribution is 2.55. The third-order valence-electron chi connectivity index (χ3n) is 23.8. The Balaban J connectivity index is 0.000000115. The van der Waals surface area contributed by atoms with Crippen LogP contribution in [-0.4, -0.2) is 24.5 Å². The van der Waals surface area contributed by atoms with Crippen LogP contribution in [0.15, 0.2) is 336 Å². The van der Waals surface area contributed by atoms with Crippen molar-refractivity contribution in [2.24, 2.45) is 0 Å². The van der Waals surface area contributed by atoms with Gasteiger partial charge in [0.1, 0.15) is 22.3 Å². The second kappa shape index (κ2) is 24.7. The average Bonchev–Trinajstić information content (AvgIpc) is 1.55. The molecule has 0 saturated carbocycles. The summed E-state index contributed by atoms with van der Waals surface area (Å²) in [6, 6.07) is 117. The Kier molecular flexibility index (Phi) is 14.4. The normalized spacial score (nSPS) is 13.4. The molecule has 3 aliphatic rings. The van der Waals surface area contributed by atoms with Crippen molar-refractivity contribution in [3.63, 3.8) is 0 Å². The Morgan fingerprint density at radius 2 is 0.712 bits per heavy atom. The highest BCUT2D eigenvalue weighted by Gasteiger charge is 2.42. The molecule has 0 radical (unpaired) electrons. The second-order valence-electron chi connectivity index (χ2n) is 30.9. The van der Waals surface area contributed by atoms with Gasteiger partial charge in [0, 0.05) is 81.9 Å². The van der Waals surface area contributed by atoms with Crippen molar-refractivity contribution in [3.05, 3.63) is 366 Å². The van der Waals surface area contributed by atoms with Gasteiger partial charge in [0.15, 0.2) is 0 Å². The van der Waals surface area contributed by atoms with E-state index in [2.05, 4.69) is 321 Å². The second-order valence-corrected chi connectivity index (χ2v) is 31.2. The molecule has 0 bridgehead atoms. The van der Waals surface area contributed by atoms with Gasteiger partial charge in [-0.05, 0) is 178 Å². The van der Waals surface area contributed by atoms with Gasteiger partial charge >= 0.3 is 0 Å². The van der Waals surface area contributed by atoms with Gasteiger partial charge in [0.2, 0.25) is 11.2 Å². The first-order valence-electron chi connectivity index (χ1n) is 38.0. The standard InChI is InChI=1S/C51H33N3O.C31H21ClN2O.C21H14/c1-51(2)42-27-34(35-21-23-38-37-18-10-11-19-44(37)55-45(38)29-35)22-25-40(42)48-46(51)47(31-13-4-3-5-14-31)52-50(53-48)54-43-28-33-16-7-6-15-32(33)26-41(43)39-24-20-30-12-8-9-17-36(30)49(39)54;1-31(2)24-16-19(20-12-14-22-21-10-6-7-11-25(21)35-26(22)17-20)13-15-23(24)29-27(31)28(33-30(32)34-29)18-8-4-3-5-9-18;1-2-7-16-12-20-17(11-15(16)6-1)13-21-18-8-4-3-5-14(18)9-10-19(20)21/h3-29H,1-2H3;3-17H,1-2H3;1-12H,13H2. The molecule has 0 saturated heterocycles. The highest BCUT2D eigenvalue weighted by molar-refractivity contribution is 6.28. The molecule has 0 unspecified atom stereocenters. The lowest BCUT2D eigenvalue weighted by molar-refractivity contribution is 0.657. The molecule has 0 amide bonds. The van der Waals surface area contributed by atoms with Gasteiger partial charge in [-0.3, -0.25) is 4.57 Å². The molecule has 21 aromatic rings. The molecule has 0 aliphatic heterocycles. The van der Waals surface area contributed by atoms with Gasteiger partial charge in [0.05, 0.1) is 33.8 Å². The third kappa shape index (κ3) is 10.2. The summed E-state index contributed by atoms with van der Waals surface area (Å²) >= 11 is 6.42. The van der Waals surface area contributed by atoms with Crippen LogP contribution in [0.2, 0.25) is 5.28 Å². The van der Waals surface area contributed by atoms with E-state index in [4.69, 9.17) is 30.4 Å². The number of para-hydroxylation sites is 2. The van der Waals surface area contributed by atoms with Crippen molar-refractivity contribution < 1.29 is 8.83 Å². The first-order valence-corrected chi connectivity index (χ1v) is 38.4. The topological polar surface area (TPSA) is 82.8 Å². The fourth-order valence-electron chi connectivity index (χ4n) is 18.5. The number of aromatic nitrogens is 5. The number of furan rings is 2. The lowest BCUT2D eigenvalue weighted by Crippen LogP contribution is -2.18. The van der Waals surface area contributed by atoms with Crippen LogP contribution in [0.3, 0.4) is 0 Å². The molecule has 5 aromatic heterocycles. The van der Waals surface area contributed by atoms with Crippen LogP contribution < -0.4 is 0 Å². The van der Waals surface area contributed by atoms with E-state index in [1.165, 1.54) is 87.2 Å². The maximum absolute atomic E-state index is 6.42. The minimum atomic E-state index is -0.364. The summed E-state index contributed by atoms with van der Waals surface area (Å²) < 4.78 is 14.8. The van der Waals surface area contributed by atoms with E-state index in [-0.39, 0.29) is 16.1 Å². The molecule has 3 aliphatic carbocycles. The van der Waals surface area contributed by atoms with Crippen molar-refractivity contribution in [1.82, 2.24) is 24.5 Å². The third-order valence-corrected chi connectivity index (χ3v) is 24.0. The predicted molar refractivity (Wildman–Crippen MR) is 460 cm³/mol.